The average Bonchev–Trinajstić information content (AvgIpc) is 3.43. The van der Waals surface area contributed by atoms with E-state index in [1.165, 1.54) is 0 Å². The molecule has 2 aromatic heterocycles. The normalized spacial score (nSPS) is 14.0. The molecule has 0 saturated heterocycles. The van der Waals surface area contributed by atoms with Gasteiger partial charge in [-0.25, -0.2) is 18.4 Å². The molecule has 10 nitrogen and oxygen atoms in total. The first-order chi connectivity index (χ1) is 16.3. The third-order valence-corrected chi connectivity index (χ3v) is 7.42. The summed E-state index contributed by atoms with van der Waals surface area (Å²) in [6, 6.07) is 14.5. The van der Waals surface area contributed by atoms with Crippen molar-refractivity contribution in [2.45, 2.75) is 17.9 Å². The Balaban J connectivity index is 1.43. The molecule has 0 spiro atoms. The van der Waals surface area contributed by atoms with Crippen molar-refractivity contribution in [1.29, 1.82) is 5.41 Å². The first-order valence-electron chi connectivity index (χ1n) is 10.4. The molecule has 0 atom stereocenters. The second kappa shape index (κ2) is 8.27. The molecular formula is C23H21N7O3S. The summed E-state index contributed by atoms with van der Waals surface area (Å²) in [5.74, 6) is 0.601. The van der Waals surface area contributed by atoms with Gasteiger partial charge in [-0.05, 0) is 29.7 Å². The second-order valence-corrected chi connectivity index (χ2v) is 10.00. The van der Waals surface area contributed by atoms with Crippen LogP contribution in [0.15, 0.2) is 64.1 Å². The van der Waals surface area contributed by atoms with Crippen molar-refractivity contribution >= 4 is 21.6 Å². The van der Waals surface area contributed by atoms with Gasteiger partial charge in [0.1, 0.15) is 5.69 Å². The number of anilines is 1. The Bertz CT molecular complexity index is 1510. The highest BCUT2D eigenvalue weighted by Crippen LogP contribution is 2.32. The Morgan fingerprint density at radius 1 is 1.09 bits per heavy atom. The Labute approximate surface area is 195 Å². The fourth-order valence-electron chi connectivity index (χ4n) is 3.82. The number of rotatable bonds is 5. The maximum atomic E-state index is 12.1. The number of nitrogens with one attached hydrogen (secondary N) is 2. The van der Waals surface area contributed by atoms with Gasteiger partial charge >= 0.3 is 0 Å². The van der Waals surface area contributed by atoms with Gasteiger partial charge in [-0.1, -0.05) is 35.5 Å². The standard InChI is InChI=1S/C23H21N7O3S/c24-22-21(19-10-17(30-33-19)14-3-1-13(2-4-14)11-28-23(25)26)29-18(12-27-22)15-5-6-20-16(9-15)7-8-34(20,31)32/h1-6,9-10,12H,7-8,11H2,(H2,24,27)(H4,25,26,28). The number of benzene rings is 2. The lowest BCUT2D eigenvalue weighted by Gasteiger charge is -2.06. The third kappa shape index (κ3) is 4.08. The summed E-state index contributed by atoms with van der Waals surface area (Å²) in [6.45, 7) is 0.452. The van der Waals surface area contributed by atoms with Crippen molar-refractivity contribution in [3.8, 4) is 34.0 Å². The highest BCUT2D eigenvalue weighted by molar-refractivity contribution is 7.91. The van der Waals surface area contributed by atoms with Crippen molar-refractivity contribution in [1.82, 2.24) is 20.4 Å². The Morgan fingerprint density at radius 2 is 1.85 bits per heavy atom. The topological polar surface area (TPSA) is 174 Å². The average molecular weight is 476 g/mol. The maximum absolute atomic E-state index is 12.1. The van der Waals surface area contributed by atoms with Crippen LogP contribution in [-0.2, 0) is 22.8 Å². The van der Waals surface area contributed by atoms with Crippen molar-refractivity contribution in [3.63, 3.8) is 0 Å². The van der Waals surface area contributed by atoms with Gasteiger partial charge in [0.2, 0.25) is 0 Å². The number of hydrogen-bond donors (Lipinski definition) is 4. The summed E-state index contributed by atoms with van der Waals surface area (Å²) in [4.78, 5) is 9.26. The van der Waals surface area contributed by atoms with Crippen molar-refractivity contribution in [2.75, 3.05) is 11.5 Å². The maximum Gasteiger partial charge on any atom is 0.189 e. The minimum Gasteiger partial charge on any atom is -0.382 e. The SMILES string of the molecule is N=C(N)NCc1ccc(-c2cc(-c3nc(-c4ccc5c(c4)CCS5(=O)=O)cnc3N)on2)cc1. The van der Waals surface area contributed by atoms with Crippen LogP contribution in [0, 0.1) is 5.41 Å². The predicted octanol–water partition coefficient (Wildman–Crippen LogP) is 2.36. The zero-order valence-corrected chi connectivity index (χ0v) is 18.8. The van der Waals surface area contributed by atoms with Crippen LogP contribution in [0.2, 0.25) is 0 Å². The molecule has 1 aliphatic heterocycles. The molecule has 11 heteroatoms. The van der Waals surface area contributed by atoms with Crippen LogP contribution >= 0.6 is 0 Å². The van der Waals surface area contributed by atoms with Gasteiger partial charge in [-0.15, -0.1) is 0 Å². The third-order valence-electron chi connectivity index (χ3n) is 5.61. The van der Waals surface area contributed by atoms with E-state index >= 15 is 0 Å². The largest absolute Gasteiger partial charge is 0.382 e. The van der Waals surface area contributed by atoms with Gasteiger partial charge in [0.05, 0.1) is 22.5 Å². The van der Waals surface area contributed by atoms with E-state index in [1.54, 1.807) is 24.4 Å². The van der Waals surface area contributed by atoms with Crippen LogP contribution < -0.4 is 16.8 Å². The monoisotopic (exact) mass is 475 g/mol. The second-order valence-electron chi connectivity index (χ2n) is 7.92. The molecule has 6 N–H and O–H groups in total. The van der Waals surface area contributed by atoms with Crippen LogP contribution in [0.25, 0.3) is 34.0 Å². The fourth-order valence-corrected chi connectivity index (χ4v) is 5.37. The molecule has 0 fully saturated rings. The van der Waals surface area contributed by atoms with Crippen LogP contribution in [-0.4, -0.2) is 35.3 Å². The zero-order chi connectivity index (χ0) is 23.9. The molecule has 4 aromatic rings. The molecule has 2 aromatic carbocycles. The van der Waals surface area contributed by atoms with Crippen molar-refractivity contribution in [2.24, 2.45) is 5.73 Å². The smallest absolute Gasteiger partial charge is 0.189 e. The van der Waals surface area contributed by atoms with E-state index in [2.05, 4.69) is 20.4 Å². The molecule has 0 saturated carbocycles. The van der Waals surface area contributed by atoms with Crippen LogP contribution in [0.4, 0.5) is 5.82 Å². The number of guanidine groups is 1. The summed E-state index contributed by atoms with van der Waals surface area (Å²) < 4.78 is 29.7. The lowest BCUT2D eigenvalue weighted by molar-refractivity contribution is 0.434. The lowest BCUT2D eigenvalue weighted by atomic mass is 10.1. The fraction of sp³-hybridized carbons (Fsp3) is 0.130. The number of fused-ring (bicyclic) bond motifs is 1. The van der Waals surface area contributed by atoms with E-state index in [1.807, 2.05) is 30.3 Å². The summed E-state index contributed by atoms with van der Waals surface area (Å²) in [5, 5.41) is 14.1. The summed E-state index contributed by atoms with van der Waals surface area (Å²) in [7, 11) is -3.19. The van der Waals surface area contributed by atoms with Crippen LogP contribution in [0.1, 0.15) is 11.1 Å². The number of aromatic nitrogens is 3. The molecule has 1 aliphatic rings. The molecule has 0 unspecified atom stereocenters. The lowest BCUT2D eigenvalue weighted by Crippen LogP contribution is -2.29. The van der Waals surface area contributed by atoms with Gasteiger partial charge in [-0.3, -0.25) is 5.41 Å². The molecule has 0 radical (unpaired) electrons. The van der Waals surface area contributed by atoms with Crippen LogP contribution in [0.3, 0.4) is 0 Å². The van der Waals surface area contributed by atoms with Crippen molar-refractivity contribution < 1.29 is 12.9 Å². The first kappa shape index (κ1) is 21.6. The predicted molar refractivity (Wildman–Crippen MR) is 127 cm³/mol. The highest BCUT2D eigenvalue weighted by atomic mass is 32.2. The molecule has 172 valence electrons. The Morgan fingerprint density at radius 3 is 2.62 bits per heavy atom. The first-order valence-corrected chi connectivity index (χ1v) is 12.1. The molecule has 0 bridgehead atoms. The molecule has 0 amide bonds. The quantitative estimate of drug-likeness (QED) is 0.249. The van der Waals surface area contributed by atoms with E-state index in [0.717, 1.165) is 22.3 Å². The highest BCUT2D eigenvalue weighted by Gasteiger charge is 2.26. The molecular weight excluding hydrogens is 454 g/mol. The van der Waals surface area contributed by atoms with Gasteiger partial charge < -0.3 is 21.3 Å². The minimum absolute atomic E-state index is 0.0870. The number of nitrogens with two attached hydrogens (primary N) is 2. The number of nitrogens with zero attached hydrogens (tertiary/aromatic N) is 3. The number of nitrogen functional groups attached to an aromatic ring is 1. The molecule has 0 aliphatic carbocycles. The van der Waals surface area contributed by atoms with Crippen molar-refractivity contribution in [3.05, 3.63) is 65.9 Å². The molecule has 34 heavy (non-hydrogen) atoms. The van der Waals surface area contributed by atoms with Gasteiger partial charge in [0.25, 0.3) is 0 Å². The van der Waals surface area contributed by atoms with E-state index < -0.39 is 9.84 Å². The van der Waals surface area contributed by atoms with E-state index in [-0.39, 0.29) is 17.5 Å². The Hall–Kier alpha value is -4.25. The van der Waals surface area contributed by atoms with E-state index in [9.17, 15) is 8.42 Å². The number of aryl methyl sites for hydroxylation is 1. The van der Waals surface area contributed by atoms with Gasteiger partial charge in [-0.2, -0.15) is 0 Å². The summed E-state index contributed by atoms with van der Waals surface area (Å²) in [5.41, 5.74) is 16.2. The zero-order valence-electron chi connectivity index (χ0n) is 17.9. The Kier molecular flexibility index (Phi) is 5.25. The van der Waals surface area contributed by atoms with Gasteiger partial charge in [0.15, 0.2) is 33.1 Å². The molecule has 3 heterocycles. The van der Waals surface area contributed by atoms with E-state index in [0.29, 0.717) is 40.7 Å². The van der Waals surface area contributed by atoms with Gasteiger partial charge in [0, 0.05) is 23.7 Å². The van der Waals surface area contributed by atoms with E-state index in [4.69, 9.17) is 21.4 Å². The summed E-state index contributed by atoms with van der Waals surface area (Å²) >= 11 is 0. The number of hydrogen-bond acceptors (Lipinski definition) is 8. The molecule has 5 rings (SSSR count). The number of sulfone groups is 1. The van der Waals surface area contributed by atoms with Crippen LogP contribution in [0.5, 0.6) is 0 Å². The minimum atomic E-state index is -3.19. The summed E-state index contributed by atoms with van der Waals surface area (Å²) in [6.07, 6.45) is 2.03.